The van der Waals surface area contributed by atoms with Gasteiger partial charge in [-0.25, -0.2) is 0 Å². The van der Waals surface area contributed by atoms with Gasteiger partial charge in [-0.05, 0) is 22.0 Å². The fraction of sp³-hybridized carbons (Fsp3) is 0. The minimum absolute atomic E-state index is 0.678. The van der Waals surface area contributed by atoms with Crippen molar-refractivity contribution in [1.29, 1.82) is 0 Å². The van der Waals surface area contributed by atoms with E-state index in [1.807, 2.05) is 12.1 Å². The van der Waals surface area contributed by atoms with Gasteiger partial charge in [-0.2, -0.15) is 0 Å². The fourth-order valence-corrected chi connectivity index (χ4v) is 2.97. The first-order valence-corrected chi connectivity index (χ1v) is 5.26. The molecule has 0 saturated heterocycles. The number of nitrogens with two attached hydrogens (primary N) is 1. The van der Waals surface area contributed by atoms with Crippen LogP contribution in [0.5, 0.6) is 0 Å². The van der Waals surface area contributed by atoms with Crippen LogP contribution in [0.3, 0.4) is 0 Å². The van der Waals surface area contributed by atoms with Gasteiger partial charge in [0.05, 0.1) is 4.47 Å². The first kappa shape index (κ1) is 8.72. The number of fused-ring (bicyclic) bond motifs is 1. The monoisotopic (exact) mass is 255 g/mol. The molecule has 2 aromatic rings. The minimum Gasteiger partial charge on any atom is -0.390 e. The third-order valence-corrected chi connectivity index (χ3v) is 3.91. The molecule has 66 valence electrons. The molecule has 0 aliphatic rings. The molecule has 1 heterocycles. The van der Waals surface area contributed by atoms with Crippen LogP contribution in [0.4, 0.5) is 5.00 Å². The van der Waals surface area contributed by atoms with Crippen molar-refractivity contribution in [3.63, 3.8) is 0 Å². The standard InChI is InChI=1S/C9H6BrNOS/c10-8-7-5(4-12)2-1-3-6(7)13-9(8)11/h1-4H,11H2. The molecule has 2 nitrogen and oxygen atoms in total. The van der Waals surface area contributed by atoms with Gasteiger partial charge in [0.15, 0.2) is 6.29 Å². The van der Waals surface area contributed by atoms with E-state index < -0.39 is 0 Å². The third-order valence-electron chi connectivity index (χ3n) is 1.84. The van der Waals surface area contributed by atoms with Gasteiger partial charge in [0, 0.05) is 15.6 Å². The second-order valence-electron chi connectivity index (χ2n) is 2.62. The maximum atomic E-state index is 10.7. The van der Waals surface area contributed by atoms with Crippen LogP contribution in [0.1, 0.15) is 10.4 Å². The molecule has 0 radical (unpaired) electrons. The van der Waals surface area contributed by atoms with Gasteiger partial charge in [0.2, 0.25) is 0 Å². The molecule has 0 saturated carbocycles. The summed E-state index contributed by atoms with van der Waals surface area (Å²) >= 11 is 4.85. The number of nitrogen functional groups attached to an aromatic ring is 1. The largest absolute Gasteiger partial charge is 0.390 e. The Labute approximate surface area is 87.5 Å². The molecular formula is C9H6BrNOS. The maximum Gasteiger partial charge on any atom is 0.150 e. The lowest BCUT2D eigenvalue weighted by molar-refractivity contribution is 0.112. The number of halogens is 1. The lowest BCUT2D eigenvalue weighted by Crippen LogP contribution is -1.81. The highest BCUT2D eigenvalue weighted by Gasteiger charge is 2.09. The molecule has 0 unspecified atom stereocenters. The van der Waals surface area contributed by atoms with Gasteiger partial charge in [-0.15, -0.1) is 11.3 Å². The van der Waals surface area contributed by atoms with Crippen LogP contribution in [0.2, 0.25) is 0 Å². The van der Waals surface area contributed by atoms with Crippen molar-refractivity contribution in [2.75, 3.05) is 5.73 Å². The number of carbonyl (C=O) groups is 1. The predicted octanol–water partition coefficient (Wildman–Crippen LogP) is 3.06. The highest BCUT2D eigenvalue weighted by Crippen LogP contribution is 2.38. The molecule has 0 spiro atoms. The van der Waals surface area contributed by atoms with Crippen molar-refractivity contribution in [3.8, 4) is 0 Å². The molecule has 0 atom stereocenters. The number of carbonyl (C=O) groups excluding carboxylic acids is 1. The number of thiophene rings is 1. The zero-order valence-corrected chi connectivity index (χ0v) is 8.98. The summed E-state index contributed by atoms with van der Waals surface area (Å²) in [5.74, 6) is 0. The van der Waals surface area contributed by atoms with E-state index in [-0.39, 0.29) is 0 Å². The zero-order valence-electron chi connectivity index (χ0n) is 6.58. The van der Waals surface area contributed by atoms with Crippen LogP contribution in [0.25, 0.3) is 10.1 Å². The van der Waals surface area contributed by atoms with Crippen LogP contribution >= 0.6 is 27.3 Å². The number of benzene rings is 1. The smallest absolute Gasteiger partial charge is 0.150 e. The van der Waals surface area contributed by atoms with Crippen LogP contribution < -0.4 is 5.73 Å². The lowest BCUT2D eigenvalue weighted by atomic mass is 10.1. The molecule has 0 aliphatic heterocycles. The molecule has 0 fully saturated rings. The predicted molar refractivity (Wildman–Crippen MR) is 59.3 cm³/mol. The average molecular weight is 256 g/mol. The molecule has 0 amide bonds. The second kappa shape index (κ2) is 3.12. The Morgan fingerprint density at radius 2 is 2.23 bits per heavy atom. The van der Waals surface area contributed by atoms with Crippen LogP contribution in [-0.2, 0) is 0 Å². The molecule has 0 aliphatic carbocycles. The van der Waals surface area contributed by atoms with Crippen LogP contribution in [-0.4, -0.2) is 6.29 Å². The summed E-state index contributed by atoms with van der Waals surface area (Å²) in [7, 11) is 0. The van der Waals surface area contributed by atoms with E-state index in [4.69, 9.17) is 5.73 Å². The third kappa shape index (κ3) is 1.26. The van der Waals surface area contributed by atoms with Crippen molar-refractivity contribution < 1.29 is 4.79 Å². The molecule has 0 bridgehead atoms. The van der Waals surface area contributed by atoms with Crippen molar-refractivity contribution in [1.82, 2.24) is 0 Å². The van der Waals surface area contributed by atoms with E-state index >= 15 is 0 Å². The summed E-state index contributed by atoms with van der Waals surface area (Å²) in [5.41, 5.74) is 6.41. The Morgan fingerprint density at radius 3 is 2.92 bits per heavy atom. The van der Waals surface area contributed by atoms with Gasteiger partial charge in [0.25, 0.3) is 0 Å². The molecule has 1 aromatic carbocycles. The summed E-state index contributed by atoms with van der Waals surface area (Å²) in [4.78, 5) is 10.7. The lowest BCUT2D eigenvalue weighted by Gasteiger charge is -1.93. The Hall–Kier alpha value is -0.870. The number of hydrogen-bond acceptors (Lipinski definition) is 3. The van der Waals surface area contributed by atoms with Crippen LogP contribution in [0, 0.1) is 0 Å². The summed E-state index contributed by atoms with van der Waals surface area (Å²) in [6, 6.07) is 5.59. The Kier molecular flexibility index (Phi) is 2.09. The van der Waals surface area contributed by atoms with Gasteiger partial charge >= 0.3 is 0 Å². The summed E-state index contributed by atoms with van der Waals surface area (Å²) < 4.78 is 1.86. The van der Waals surface area contributed by atoms with Crippen molar-refractivity contribution >= 4 is 48.6 Å². The molecular weight excluding hydrogens is 250 g/mol. The number of anilines is 1. The van der Waals surface area contributed by atoms with Crippen molar-refractivity contribution in [2.24, 2.45) is 0 Å². The van der Waals surface area contributed by atoms with E-state index in [0.29, 0.717) is 10.6 Å². The van der Waals surface area contributed by atoms with Crippen LogP contribution in [0.15, 0.2) is 22.7 Å². The SMILES string of the molecule is Nc1sc2cccc(C=O)c2c1Br. The highest BCUT2D eigenvalue weighted by molar-refractivity contribution is 9.10. The minimum atomic E-state index is 0.678. The molecule has 1 aromatic heterocycles. The molecule has 13 heavy (non-hydrogen) atoms. The van der Waals surface area contributed by atoms with Crippen molar-refractivity contribution in [2.45, 2.75) is 0 Å². The molecule has 2 N–H and O–H groups in total. The first-order chi connectivity index (χ1) is 6.24. The van der Waals surface area contributed by atoms with Gasteiger partial charge in [-0.3, -0.25) is 4.79 Å². The van der Waals surface area contributed by atoms with E-state index in [0.717, 1.165) is 20.8 Å². The summed E-state index contributed by atoms with van der Waals surface area (Å²) in [6.07, 6.45) is 0.846. The fourth-order valence-electron chi connectivity index (χ4n) is 1.25. The van der Waals surface area contributed by atoms with Gasteiger partial charge in [-0.1, -0.05) is 12.1 Å². The maximum absolute atomic E-state index is 10.7. The summed E-state index contributed by atoms with van der Waals surface area (Å²) in [5, 5.41) is 1.63. The van der Waals surface area contributed by atoms with E-state index in [2.05, 4.69) is 15.9 Å². The van der Waals surface area contributed by atoms with E-state index in [1.165, 1.54) is 11.3 Å². The van der Waals surface area contributed by atoms with Crippen molar-refractivity contribution in [3.05, 3.63) is 28.2 Å². The quantitative estimate of drug-likeness (QED) is 0.797. The Balaban J connectivity index is 2.94. The highest BCUT2D eigenvalue weighted by atomic mass is 79.9. The van der Waals surface area contributed by atoms with Gasteiger partial charge < -0.3 is 5.73 Å². The number of rotatable bonds is 1. The molecule has 2 rings (SSSR count). The number of hydrogen-bond donors (Lipinski definition) is 1. The topological polar surface area (TPSA) is 43.1 Å². The second-order valence-corrected chi connectivity index (χ2v) is 4.50. The summed E-state index contributed by atoms with van der Waals surface area (Å²) in [6.45, 7) is 0. The number of aldehydes is 1. The molecule has 4 heteroatoms. The van der Waals surface area contributed by atoms with Gasteiger partial charge in [0.1, 0.15) is 5.00 Å². The first-order valence-electron chi connectivity index (χ1n) is 3.65. The van der Waals surface area contributed by atoms with E-state index in [1.54, 1.807) is 6.07 Å². The Morgan fingerprint density at radius 1 is 1.46 bits per heavy atom. The normalized spacial score (nSPS) is 10.5. The Bertz CT molecular complexity index is 478. The van der Waals surface area contributed by atoms with E-state index in [9.17, 15) is 4.79 Å². The average Bonchev–Trinajstić information content (AvgIpc) is 2.43. The zero-order chi connectivity index (χ0) is 9.42.